The quantitative estimate of drug-likeness (QED) is 0.725. The highest BCUT2D eigenvalue weighted by Crippen LogP contribution is 2.35. The summed E-state index contributed by atoms with van der Waals surface area (Å²) in [7, 11) is 1.65. The maximum atomic E-state index is 13.2. The molecule has 1 aliphatic heterocycles. The number of amides is 1. The molecule has 1 amide bonds. The second kappa shape index (κ2) is 9.18. The van der Waals surface area contributed by atoms with Crippen molar-refractivity contribution < 1.29 is 9.53 Å². The van der Waals surface area contributed by atoms with Crippen LogP contribution in [0.4, 0.5) is 5.69 Å². The molecule has 1 atom stereocenters. The van der Waals surface area contributed by atoms with Crippen molar-refractivity contribution in [1.82, 2.24) is 5.32 Å². The number of hydrogen-bond donors (Lipinski definition) is 2. The zero-order valence-electron chi connectivity index (χ0n) is 17.4. The second-order valence-electron chi connectivity index (χ2n) is 7.22. The summed E-state index contributed by atoms with van der Waals surface area (Å²) in [5, 5.41) is 7.49. The summed E-state index contributed by atoms with van der Waals surface area (Å²) < 4.78 is 5.50. The van der Waals surface area contributed by atoms with E-state index in [4.69, 9.17) is 9.73 Å². The van der Waals surface area contributed by atoms with Gasteiger partial charge in [-0.2, -0.15) is 0 Å². The summed E-state index contributed by atoms with van der Waals surface area (Å²) in [5.74, 6) is 0.623. The number of nitrogens with one attached hydrogen (secondary N) is 2. The zero-order valence-corrected chi connectivity index (χ0v) is 18.3. The average Bonchev–Trinajstić information content (AvgIpc) is 2.68. The molecule has 0 saturated heterocycles. The number of amidine groups is 1. The molecule has 2 aromatic carbocycles. The van der Waals surface area contributed by atoms with Gasteiger partial charge in [-0.05, 0) is 43.2 Å². The Morgan fingerprint density at radius 2 is 1.90 bits per heavy atom. The first-order valence-electron chi connectivity index (χ1n) is 9.62. The molecule has 5 nitrogen and oxygen atoms in total. The summed E-state index contributed by atoms with van der Waals surface area (Å²) >= 11 is 1.65. The fourth-order valence-electron chi connectivity index (χ4n) is 3.19. The van der Waals surface area contributed by atoms with E-state index < -0.39 is 6.04 Å². The fraction of sp³-hybridized carbons (Fsp3) is 0.304. The number of anilines is 1. The van der Waals surface area contributed by atoms with Gasteiger partial charge in [-0.15, -0.1) is 0 Å². The van der Waals surface area contributed by atoms with Crippen LogP contribution in [0.25, 0.3) is 0 Å². The lowest BCUT2D eigenvalue weighted by Gasteiger charge is -2.27. The molecular formula is C23H27N3O2S. The highest BCUT2D eigenvalue weighted by atomic mass is 32.2. The molecule has 0 aliphatic carbocycles. The number of thioether (sulfide) groups is 1. The lowest BCUT2D eigenvalue weighted by atomic mass is 9.94. The van der Waals surface area contributed by atoms with Crippen LogP contribution >= 0.6 is 11.8 Å². The van der Waals surface area contributed by atoms with Crippen molar-refractivity contribution in [2.75, 3.05) is 12.4 Å². The molecule has 0 unspecified atom stereocenters. The third-order valence-corrected chi connectivity index (χ3v) is 5.49. The van der Waals surface area contributed by atoms with Gasteiger partial charge in [-0.1, -0.05) is 55.9 Å². The van der Waals surface area contributed by atoms with E-state index in [0.717, 1.165) is 33.4 Å². The van der Waals surface area contributed by atoms with Gasteiger partial charge in [0.05, 0.1) is 12.7 Å². The van der Waals surface area contributed by atoms with Crippen LogP contribution in [0.2, 0.25) is 0 Å². The van der Waals surface area contributed by atoms with Gasteiger partial charge in [0.2, 0.25) is 0 Å². The molecule has 0 spiro atoms. The van der Waals surface area contributed by atoms with Gasteiger partial charge in [-0.25, -0.2) is 4.99 Å². The third-order valence-electron chi connectivity index (χ3n) is 4.59. The summed E-state index contributed by atoms with van der Waals surface area (Å²) in [4.78, 5) is 18.1. The van der Waals surface area contributed by atoms with Crippen molar-refractivity contribution in [2.45, 2.75) is 39.0 Å². The van der Waals surface area contributed by atoms with E-state index in [9.17, 15) is 4.79 Å². The van der Waals surface area contributed by atoms with Crippen LogP contribution in [0.1, 0.15) is 37.9 Å². The largest absolute Gasteiger partial charge is 0.496 e. The third kappa shape index (κ3) is 5.01. The van der Waals surface area contributed by atoms with E-state index in [-0.39, 0.29) is 5.91 Å². The zero-order chi connectivity index (χ0) is 21.0. The van der Waals surface area contributed by atoms with Crippen LogP contribution in [0.3, 0.4) is 0 Å². The molecule has 0 saturated carbocycles. The molecule has 0 radical (unpaired) electrons. The van der Waals surface area contributed by atoms with E-state index in [1.54, 1.807) is 18.9 Å². The Morgan fingerprint density at radius 3 is 2.55 bits per heavy atom. The van der Waals surface area contributed by atoms with E-state index in [1.807, 2.05) is 62.4 Å². The highest BCUT2D eigenvalue weighted by Gasteiger charge is 2.30. The Kier molecular flexibility index (Phi) is 6.64. The second-order valence-corrected chi connectivity index (χ2v) is 8.78. The van der Waals surface area contributed by atoms with Gasteiger partial charge in [0.1, 0.15) is 11.8 Å². The number of allylic oxidation sites excluding steroid dienone is 1. The molecular weight excluding hydrogens is 382 g/mol. The molecule has 3 rings (SSSR count). The minimum absolute atomic E-state index is 0.164. The standard InChI is InChI=1S/C23H27N3O2S/c1-14(2)29-23-24-16(4)20(22(27)25-18-9-7-6-8-10-18)21(26-23)17-12-11-15(3)19(13-17)28-5/h6-14,21H,1-5H3,(H,24,26)(H,25,27)/t21-/m0/s1. The number of hydrogen-bond acceptors (Lipinski definition) is 5. The Bertz CT molecular complexity index is 952. The predicted octanol–water partition coefficient (Wildman–Crippen LogP) is 5.06. The smallest absolute Gasteiger partial charge is 0.255 e. The Balaban J connectivity index is 2.01. The molecule has 0 fully saturated rings. The van der Waals surface area contributed by atoms with Crippen molar-refractivity contribution in [1.29, 1.82) is 0 Å². The summed E-state index contributed by atoms with van der Waals surface area (Å²) in [5.41, 5.74) is 4.13. The lowest BCUT2D eigenvalue weighted by Crippen LogP contribution is -2.32. The summed E-state index contributed by atoms with van der Waals surface area (Å²) in [6.07, 6.45) is 0. The minimum Gasteiger partial charge on any atom is -0.496 e. The number of nitrogens with zero attached hydrogens (tertiary/aromatic N) is 1. The number of aliphatic imine (C=N–C) groups is 1. The van der Waals surface area contributed by atoms with Gasteiger partial charge >= 0.3 is 0 Å². The van der Waals surface area contributed by atoms with Crippen molar-refractivity contribution in [3.8, 4) is 5.75 Å². The number of ether oxygens (including phenoxy) is 1. The molecule has 152 valence electrons. The van der Waals surface area contributed by atoms with Crippen molar-refractivity contribution in [3.63, 3.8) is 0 Å². The van der Waals surface area contributed by atoms with Crippen molar-refractivity contribution in [3.05, 3.63) is 70.9 Å². The number of methoxy groups -OCH3 is 1. The number of carbonyl (C=O) groups is 1. The molecule has 1 heterocycles. The van der Waals surface area contributed by atoms with Crippen LogP contribution in [0.15, 0.2) is 64.8 Å². The van der Waals surface area contributed by atoms with Crippen LogP contribution < -0.4 is 15.4 Å². The SMILES string of the molecule is COc1cc([C@@H]2N=C(SC(C)C)NC(C)=C2C(=O)Nc2ccccc2)ccc1C. The molecule has 29 heavy (non-hydrogen) atoms. The monoisotopic (exact) mass is 409 g/mol. The molecule has 0 aromatic heterocycles. The van der Waals surface area contributed by atoms with Crippen LogP contribution in [0.5, 0.6) is 5.75 Å². The fourth-order valence-corrected chi connectivity index (χ4v) is 4.02. The van der Waals surface area contributed by atoms with Gasteiger partial charge in [0.25, 0.3) is 5.91 Å². The van der Waals surface area contributed by atoms with Crippen molar-refractivity contribution in [2.24, 2.45) is 4.99 Å². The number of carbonyl (C=O) groups excluding carboxylic acids is 1. The normalized spacial score (nSPS) is 16.3. The number of aryl methyl sites for hydroxylation is 1. The van der Waals surface area contributed by atoms with E-state index in [2.05, 4.69) is 24.5 Å². The molecule has 2 N–H and O–H groups in total. The number of benzene rings is 2. The first-order valence-corrected chi connectivity index (χ1v) is 10.5. The molecule has 0 bridgehead atoms. The Labute approximate surface area is 176 Å². The van der Waals surface area contributed by atoms with Crippen molar-refractivity contribution >= 4 is 28.5 Å². The molecule has 1 aliphatic rings. The lowest BCUT2D eigenvalue weighted by molar-refractivity contribution is -0.113. The summed E-state index contributed by atoms with van der Waals surface area (Å²) in [6, 6.07) is 15.0. The number of para-hydroxylation sites is 1. The summed E-state index contributed by atoms with van der Waals surface area (Å²) in [6.45, 7) is 8.16. The first kappa shape index (κ1) is 21.0. The topological polar surface area (TPSA) is 62.7 Å². The average molecular weight is 410 g/mol. The van der Waals surface area contributed by atoms with Gasteiger partial charge in [0, 0.05) is 16.6 Å². The van der Waals surface area contributed by atoms with Crippen LogP contribution in [-0.4, -0.2) is 23.4 Å². The van der Waals surface area contributed by atoms with E-state index >= 15 is 0 Å². The molecule has 2 aromatic rings. The minimum atomic E-state index is -0.407. The van der Waals surface area contributed by atoms with E-state index in [1.165, 1.54) is 0 Å². The highest BCUT2D eigenvalue weighted by molar-refractivity contribution is 8.14. The Morgan fingerprint density at radius 1 is 1.17 bits per heavy atom. The van der Waals surface area contributed by atoms with Gasteiger partial charge in [-0.3, -0.25) is 4.79 Å². The van der Waals surface area contributed by atoms with Gasteiger partial charge in [0.15, 0.2) is 5.17 Å². The Hall–Kier alpha value is -2.73. The van der Waals surface area contributed by atoms with E-state index in [0.29, 0.717) is 10.8 Å². The van der Waals surface area contributed by atoms with Crippen LogP contribution in [-0.2, 0) is 4.79 Å². The number of rotatable bonds is 5. The predicted molar refractivity (Wildman–Crippen MR) is 122 cm³/mol. The maximum Gasteiger partial charge on any atom is 0.255 e. The van der Waals surface area contributed by atoms with Crippen LogP contribution in [0, 0.1) is 6.92 Å². The molecule has 6 heteroatoms. The maximum absolute atomic E-state index is 13.2. The first-order chi connectivity index (χ1) is 13.9. The van der Waals surface area contributed by atoms with Gasteiger partial charge < -0.3 is 15.4 Å².